The standard InChI is InChI=1S/C17H24FN3O3/c1-3-19-17(24)15-7-14(20-16(23)10-22)9-21(15)8-12-4-5-13(18)6-11(12)2/h4-6,14-15,22H,3,7-10H2,1-2H3,(H,19,24)(H,20,23)/t14-,15-/m0/s1. The number of nitrogens with zero attached hydrogens (tertiary/aromatic N) is 1. The lowest BCUT2D eigenvalue weighted by Crippen LogP contribution is -2.42. The summed E-state index contributed by atoms with van der Waals surface area (Å²) in [7, 11) is 0. The predicted molar refractivity (Wildman–Crippen MR) is 87.7 cm³/mol. The van der Waals surface area contributed by atoms with Gasteiger partial charge in [-0.05, 0) is 43.5 Å². The van der Waals surface area contributed by atoms with Crippen molar-refractivity contribution in [2.75, 3.05) is 19.7 Å². The van der Waals surface area contributed by atoms with E-state index in [1.807, 2.05) is 18.7 Å². The van der Waals surface area contributed by atoms with Crippen molar-refractivity contribution in [2.45, 2.75) is 38.9 Å². The Morgan fingerprint density at radius 1 is 1.42 bits per heavy atom. The third-order valence-corrected chi connectivity index (χ3v) is 4.24. The number of halogens is 1. The summed E-state index contributed by atoms with van der Waals surface area (Å²) >= 11 is 0. The first-order valence-corrected chi connectivity index (χ1v) is 8.11. The van der Waals surface area contributed by atoms with E-state index in [2.05, 4.69) is 10.6 Å². The van der Waals surface area contributed by atoms with E-state index in [-0.39, 0.29) is 23.8 Å². The summed E-state index contributed by atoms with van der Waals surface area (Å²) in [4.78, 5) is 25.7. The van der Waals surface area contributed by atoms with E-state index in [9.17, 15) is 14.0 Å². The lowest BCUT2D eigenvalue weighted by Gasteiger charge is -2.24. The molecule has 0 bridgehead atoms. The van der Waals surface area contributed by atoms with E-state index in [4.69, 9.17) is 5.11 Å². The van der Waals surface area contributed by atoms with Crippen molar-refractivity contribution >= 4 is 11.8 Å². The minimum atomic E-state index is -0.570. The summed E-state index contributed by atoms with van der Waals surface area (Å²) < 4.78 is 13.3. The zero-order valence-electron chi connectivity index (χ0n) is 14.0. The van der Waals surface area contributed by atoms with Gasteiger partial charge in [0.2, 0.25) is 11.8 Å². The number of likely N-dealkylation sites (tertiary alicyclic amines) is 1. The van der Waals surface area contributed by atoms with Gasteiger partial charge in [0.15, 0.2) is 0 Å². The Bertz CT molecular complexity index is 609. The van der Waals surface area contributed by atoms with E-state index in [0.29, 0.717) is 26.1 Å². The van der Waals surface area contributed by atoms with Crippen LogP contribution in [0.1, 0.15) is 24.5 Å². The fourth-order valence-corrected chi connectivity index (χ4v) is 3.08. The average molecular weight is 337 g/mol. The normalized spacial score (nSPS) is 20.8. The number of carbonyl (C=O) groups excluding carboxylic acids is 2. The van der Waals surface area contributed by atoms with Crippen LogP contribution in [-0.4, -0.2) is 53.6 Å². The molecule has 3 N–H and O–H groups in total. The van der Waals surface area contributed by atoms with Crippen molar-refractivity contribution in [2.24, 2.45) is 0 Å². The first kappa shape index (κ1) is 18.4. The quantitative estimate of drug-likeness (QED) is 0.698. The van der Waals surface area contributed by atoms with Gasteiger partial charge in [-0.2, -0.15) is 0 Å². The van der Waals surface area contributed by atoms with Gasteiger partial charge in [0.1, 0.15) is 12.4 Å². The van der Waals surface area contributed by atoms with Gasteiger partial charge in [0.05, 0.1) is 6.04 Å². The van der Waals surface area contributed by atoms with Crippen LogP contribution in [0.5, 0.6) is 0 Å². The molecular formula is C17H24FN3O3. The number of hydrogen-bond donors (Lipinski definition) is 3. The fraction of sp³-hybridized carbons (Fsp3) is 0.529. The second-order valence-corrected chi connectivity index (χ2v) is 6.07. The minimum absolute atomic E-state index is 0.0852. The number of amides is 2. The first-order valence-electron chi connectivity index (χ1n) is 8.11. The molecule has 1 fully saturated rings. The molecule has 1 aromatic carbocycles. The number of aliphatic hydroxyl groups is 1. The SMILES string of the molecule is CCNC(=O)[C@@H]1C[C@H](NC(=O)CO)CN1Cc1ccc(F)cc1C. The van der Waals surface area contributed by atoms with Crippen molar-refractivity contribution < 1.29 is 19.1 Å². The van der Waals surface area contributed by atoms with Crippen LogP contribution >= 0.6 is 0 Å². The molecule has 0 aromatic heterocycles. The Morgan fingerprint density at radius 2 is 2.17 bits per heavy atom. The summed E-state index contributed by atoms with van der Waals surface area (Å²) in [5.74, 6) is -0.821. The molecule has 1 heterocycles. The molecule has 1 aliphatic rings. The minimum Gasteiger partial charge on any atom is -0.387 e. The lowest BCUT2D eigenvalue weighted by atomic mass is 10.1. The highest BCUT2D eigenvalue weighted by atomic mass is 19.1. The van der Waals surface area contributed by atoms with Crippen molar-refractivity contribution in [1.29, 1.82) is 0 Å². The topological polar surface area (TPSA) is 81.7 Å². The van der Waals surface area contributed by atoms with Crippen molar-refractivity contribution in [3.63, 3.8) is 0 Å². The van der Waals surface area contributed by atoms with E-state index < -0.39 is 12.5 Å². The molecule has 2 rings (SSSR count). The van der Waals surface area contributed by atoms with Crippen LogP contribution in [0, 0.1) is 12.7 Å². The van der Waals surface area contributed by atoms with Crippen molar-refractivity contribution in [1.82, 2.24) is 15.5 Å². The first-order chi connectivity index (χ1) is 11.4. The van der Waals surface area contributed by atoms with Crippen LogP contribution < -0.4 is 10.6 Å². The molecule has 2 amide bonds. The highest BCUT2D eigenvalue weighted by molar-refractivity contribution is 5.82. The third-order valence-electron chi connectivity index (χ3n) is 4.24. The van der Waals surface area contributed by atoms with Crippen LogP contribution in [0.25, 0.3) is 0 Å². The molecular weight excluding hydrogens is 313 g/mol. The van der Waals surface area contributed by atoms with Gasteiger partial charge in [-0.15, -0.1) is 0 Å². The number of benzene rings is 1. The number of aliphatic hydroxyl groups excluding tert-OH is 1. The molecule has 0 saturated carbocycles. The molecule has 1 aliphatic heterocycles. The van der Waals surface area contributed by atoms with Crippen molar-refractivity contribution in [3.05, 3.63) is 35.1 Å². The Balaban J connectivity index is 2.13. The molecule has 7 heteroatoms. The maximum absolute atomic E-state index is 13.3. The van der Waals surface area contributed by atoms with Crippen LogP contribution in [0.3, 0.4) is 0 Å². The van der Waals surface area contributed by atoms with Gasteiger partial charge in [-0.3, -0.25) is 14.5 Å². The second-order valence-electron chi connectivity index (χ2n) is 6.07. The average Bonchev–Trinajstić information content (AvgIpc) is 2.92. The molecule has 0 spiro atoms. The van der Waals surface area contributed by atoms with E-state index in [1.165, 1.54) is 12.1 Å². The number of likely N-dealkylation sites (N-methyl/N-ethyl adjacent to an activating group) is 1. The van der Waals surface area contributed by atoms with E-state index in [0.717, 1.165) is 11.1 Å². The molecule has 132 valence electrons. The van der Waals surface area contributed by atoms with Crippen molar-refractivity contribution in [3.8, 4) is 0 Å². The molecule has 1 aromatic rings. The van der Waals surface area contributed by atoms with Crippen LogP contribution in [0.2, 0.25) is 0 Å². The van der Waals surface area contributed by atoms with Crippen LogP contribution in [-0.2, 0) is 16.1 Å². The van der Waals surface area contributed by atoms with Gasteiger partial charge in [0.25, 0.3) is 0 Å². The predicted octanol–water partition coefficient (Wildman–Crippen LogP) is 0.322. The number of aryl methyl sites for hydroxylation is 1. The van der Waals surface area contributed by atoms with Gasteiger partial charge in [-0.1, -0.05) is 6.07 Å². The monoisotopic (exact) mass is 337 g/mol. The van der Waals surface area contributed by atoms with Gasteiger partial charge >= 0.3 is 0 Å². The maximum atomic E-state index is 13.3. The Hall–Kier alpha value is -1.99. The number of carbonyl (C=O) groups is 2. The fourth-order valence-electron chi connectivity index (χ4n) is 3.08. The zero-order valence-corrected chi connectivity index (χ0v) is 14.0. The Morgan fingerprint density at radius 3 is 2.79 bits per heavy atom. The largest absolute Gasteiger partial charge is 0.387 e. The highest BCUT2D eigenvalue weighted by Crippen LogP contribution is 2.22. The second kappa shape index (κ2) is 8.21. The Kier molecular flexibility index (Phi) is 6.28. The number of nitrogens with one attached hydrogen (secondary N) is 2. The summed E-state index contributed by atoms with van der Waals surface area (Å²) in [6, 6.07) is 4.04. The summed E-state index contributed by atoms with van der Waals surface area (Å²) in [6.07, 6.45) is 0.484. The molecule has 1 saturated heterocycles. The van der Waals surface area contributed by atoms with Crippen LogP contribution in [0.15, 0.2) is 18.2 Å². The number of hydrogen-bond acceptors (Lipinski definition) is 4. The van der Waals surface area contributed by atoms with Crippen LogP contribution in [0.4, 0.5) is 4.39 Å². The van der Waals surface area contributed by atoms with Gasteiger partial charge in [-0.25, -0.2) is 4.39 Å². The van der Waals surface area contributed by atoms with E-state index >= 15 is 0 Å². The molecule has 24 heavy (non-hydrogen) atoms. The van der Waals surface area contributed by atoms with E-state index in [1.54, 1.807) is 6.07 Å². The summed E-state index contributed by atoms with van der Waals surface area (Å²) in [6.45, 7) is 4.66. The smallest absolute Gasteiger partial charge is 0.245 e. The summed E-state index contributed by atoms with van der Waals surface area (Å²) in [5.41, 5.74) is 1.77. The maximum Gasteiger partial charge on any atom is 0.245 e. The molecule has 0 unspecified atom stereocenters. The molecule has 0 aliphatic carbocycles. The number of rotatable bonds is 6. The molecule has 2 atom stereocenters. The Labute approximate surface area is 141 Å². The zero-order chi connectivity index (χ0) is 17.7. The molecule has 6 nitrogen and oxygen atoms in total. The lowest BCUT2D eigenvalue weighted by molar-refractivity contribution is -0.126. The highest BCUT2D eigenvalue weighted by Gasteiger charge is 2.37. The molecule has 0 radical (unpaired) electrons. The summed E-state index contributed by atoms with van der Waals surface area (Å²) in [5, 5.41) is 14.4. The van der Waals surface area contributed by atoms with Gasteiger partial charge < -0.3 is 15.7 Å². The van der Waals surface area contributed by atoms with Gasteiger partial charge in [0, 0.05) is 25.7 Å². The third kappa shape index (κ3) is 4.52.